The van der Waals surface area contributed by atoms with Gasteiger partial charge in [0.05, 0.1) is 17.6 Å². The molecule has 2 heterocycles. The smallest absolute Gasteiger partial charge is 0.409 e. The highest BCUT2D eigenvalue weighted by molar-refractivity contribution is 7.98. The third kappa shape index (κ3) is 3.61. The van der Waals surface area contributed by atoms with E-state index in [2.05, 4.69) is 4.98 Å². The molecule has 1 fully saturated rings. The number of aromatic nitrogens is 2. The van der Waals surface area contributed by atoms with Gasteiger partial charge >= 0.3 is 11.8 Å². The number of nitrogens with one attached hydrogen (secondary N) is 1. The largest absolute Gasteiger partial charge is 0.449 e. The van der Waals surface area contributed by atoms with Crippen molar-refractivity contribution in [1.82, 2.24) is 14.5 Å². The number of carbonyl (C=O) groups excluding carboxylic acids is 1. The van der Waals surface area contributed by atoms with Crippen molar-refractivity contribution in [3.63, 3.8) is 0 Å². The summed E-state index contributed by atoms with van der Waals surface area (Å²) in [5, 5.41) is 0. The second kappa shape index (κ2) is 7.79. The average Bonchev–Trinajstić information content (AvgIpc) is 2.94. The third-order valence-corrected chi connectivity index (χ3v) is 5.13. The maximum absolute atomic E-state index is 12.3. The predicted octanol–water partition coefficient (Wildman–Crippen LogP) is 2.86. The summed E-state index contributed by atoms with van der Waals surface area (Å²) in [5.41, 5.74) is 1.72. The van der Waals surface area contributed by atoms with Crippen molar-refractivity contribution in [3.8, 4) is 0 Å². The second-order valence-electron chi connectivity index (χ2n) is 6.00. The minimum atomic E-state index is -0.235. The summed E-state index contributed by atoms with van der Waals surface area (Å²) in [6, 6.07) is 7.84. The fourth-order valence-electron chi connectivity index (χ4n) is 3.20. The maximum Gasteiger partial charge on any atom is 0.409 e. The maximum atomic E-state index is 12.3. The van der Waals surface area contributed by atoms with Gasteiger partial charge in [-0.05, 0) is 43.4 Å². The Hall–Kier alpha value is -1.89. The lowest BCUT2D eigenvalue weighted by Crippen LogP contribution is -2.40. The molecule has 1 aliphatic heterocycles. The average molecular weight is 349 g/mol. The van der Waals surface area contributed by atoms with E-state index in [1.165, 1.54) is 0 Å². The fourth-order valence-corrected chi connectivity index (χ4v) is 3.60. The molecule has 1 aromatic carbocycles. The predicted molar refractivity (Wildman–Crippen MR) is 96.7 cm³/mol. The molecule has 1 N–H and O–H groups in total. The molecule has 1 amide bonds. The van der Waals surface area contributed by atoms with Crippen molar-refractivity contribution in [2.45, 2.75) is 25.3 Å². The number of carbonyl (C=O) groups is 1. The van der Waals surface area contributed by atoms with E-state index in [0.717, 1.165) is 36.0 Å². The van der Waals surface area contributed by atoms with Gasteiger partial charge in [0.1, 0.15) is 0 Å². The van der Waals surface area contributed by atoms with Gasteiger partial charge in [-0.3, -0.25) is 4.57 Å². The van der Waals surface area contributed by atoms with Gasteiger partial charge in [-0.2, -0.15) is 11.8 Å². The zero-order valence-corrected chi connectivity index (χ0v) is 14.7. The SMILES string of the molecule is CSCCCOC(=O)N1CCC(n2c(=O)[nH]c3ccccc32)CC1. The van der Waals surface area contributed by atoms with Crippen LogP contribution in [0, 0.1) is 0 Å². The van der Waals surface area contributed by atoms with E-state index in [0.29, 0.717) is 19.7 Å². The number of nitrogens with zero attached hydrogens (tertiary/aromatic N) is 2. The first kappa shape index (κ1) is 17.0. The first-order valence-corrected chi connectivity index (χ1v) is 9.70. The summed E-state index contributed by atoms with van der Waals surface area (Å²) in [5.74, 6) is 0.999. The van der Waals surface area contributed by atoms with Crippen molar-refractivity contribution >= 4 is 28.9 Å². The first-order chi connectivity index (χ1) is 11.7. The Bertz CT molecular complexity index is 747. The second-order valence-corrected chi connectivity index (χ2v) is 6.98. The molecular weight excluding hydrogens is 326 g/mol. The van der Waals surface area contributed by atoms with Gasteiger partial charge in [-0.15, -0.1) is 0 Å². The molecule has 1 saturated heterocycles. The number of fused-ring (bicyclic) bond motifs is 1. The number of thioether (sulfide) groups is 1. The molecule has 2 aromatic rings. The highest BCUT2D eigenvalue weighted by Gasteiger charge is 2.26. The standard InChI is InChI=1S/C17H23N3O3S/c1-24-12-4-11-23-17(22)19-9-7-13(8-10-19)20-15-6-3-2-5-14(15)18-16(20)21/h2-3,5-6,13H,4,7-12H2,1H3,(H,18,21). The van der Waals surface area contributed by atoms with Crippen LogP contribution in [0.1, 0.15) is 25.3 Å². The number of imidazole rings is 1. The van der Waals surface area contributed by atoms with E-state index in [1.54, 1.807) is 16.7 Å². The summed E-state index contributed by atoms with van der Waals surface area (Å²) in [7, 11) is 0. The van der Waals surface area contributed by atoms with Crippen molar-refractivity contribution in [2.75, 3.05) is 31.7 Å². The molecule has 3 rings (SSSR count). The van der Waals surface area contributed by atoms with Crippen LogP contribution < -0.4 is 5.69 Å². The number of ether oxygens (including phenoxy) is 1. The summed E-state index contributed by atoms with van der Waals surface area (Å²) in [6.45, 7) is 1.72. The van der Waals surface area contributed by atoms with E-state index >= 15 is 0 Å². The zero-order chi connectivity index (χ0) is 16.9. The van der Waals surface area contributed by atoms with E-state index in [4.69, 9.17) is 4.74 Å². The van der Waals surface area contributed by atoms with Crippen LogP contribution in [0.2, 0.25) is 0 Å². The molecule has 0 bridgehead atoms. The third-order valence-electron chi connectivity index (χ3n) is 4.43. The lowest BCUT2D eigenvalue weighted by Gasteiger charge is -2.31. The van der Waals surface area contributed by atoms with E-state index in [-0.39, 0.29) is 17.8 Å². The Morgan fingerprint density at radius 2 is 2.08 bits per heavy atom. The van der Waals surface area contributed by atoms with Gasteiger partial charge in [-0.25, -0.2) is 9.59 Å². The number of para-hydroxylation sites is 2. The van der Waals surface area contributed by atoms with Crippen molar-refractivity contribution in [3.05, 3.63) is 34.7 Å². The number of likely N-dealkylation sites (tertiary alicyclic amines) is 1. The van der Waals surface area contributed by atoms with Crippen LogP contribution in [0.15, 0.2) is 29.1 Å². The van der Waals surface area contributed by atoms with Crippen molar-refractivity contribution < 1.29 is 9.53 Å². The fraction of sp³-hybridized carbons (Fsp3) is 0.529. The molecule has 0 saturated carbocycles. The molecule has 0 radical (unpaired) electrons. The van der Waals surface area contributed by atoms with Gasteiger partial charge in [0, 0.05) is 19.1 Å². The first-order valence-electron chi connectivity index (χ1n) is 8.30. The Morgan fingerprint density at radius 1 is 1.33 bits per heavy atom. The van der Waals surface area contributed by atoms with Gasteiger partial charge in [0.25, 0.3) is 0 Å². The molecule has 24 heavy (non-hydrogen) atoms. The Morgan fingerprint density at radius 3 is 2.83 bits per heavy atom. The van der Waals surface area contributed by atoms with Crippen LogP contribution in [-0.4, -0.2) is 52.2 Å². The van der Waals surface area contributed by atoms with Gasteiger partial charge in [0.15, 0.2) is 0 Å². The van der Waals surface area contributed by atoms with Crippen LogP contribution in [0.25, 0.3) is 11.0 Å². The number of rotatable bonds is 5. The van der Waals surface area contributed by atoms with Gasteiger partial charge in [-0.1, -0.05) is 12.1 Å². The van der Waals surface area contributed by atoms with Gasteiger partial charge in [0.2, 0.25) is 0 Å². The highest BCUT2D eigenvalue weighted by atomic mass is 32.2. The lowest BCUT2D eigenvalue weighted by atomic mass is 10.0. The van der Waals surface area contributed by atoms with Crippen molar-refractivity contribution in [1.29, 1.82) is 0 Å². The molecule has 0 atom stereocenters. The quantitative estimate of drug-likeness (QED) is 0.843. The number of benzene rings is 1. The normalized spacial score (nSPS) is 15.8. The highest BCUT2D eigenvalue weighted by Crippen LogP contribution is 2.25. The molecule has 0 unspecified atom stereocenters. The Balaban J connectivity index is 1.59. The molecule has 0 spiro atoms. The van der Waals surface area contributed by atoms with Crippen molar-refractivity contribution in [2.24, 2.45) is 0 Å². The molecule has 6 nitrogen and oxygen atoms in total. The number of amides is 1. The van der Waals surface area contributed by atoms with E-state index < -0.39 is 0 Å². The van der Waals surface area contributed by atoms with Crippen LogP contribution in [0.3, 0.4) is 0 Å². The van der Waals surface area contributed by atoms with Crippen LogP contribution in [0.4, 0.5) is 4.79 Å². The number of hydrogen-bond acceptors (Lipinski definition) is 4. The summed E-state index contributed by atoms with van der Waals surface area (Å²) < 4.78 is 7.13. The molecule has 1 aromatic heterocycles. The Kier molecular flexibility index (Phi) is 5.50. The van der Waals surface area contributed by atoms with E-state index in [9.17, 15) is 9.59 Å². The summed E-state index contributed by atoms with van der Waals surface area (Å²) >= 11 is 1.75. The van der Waals surface area contributed by atoms with Crippen LogP contribution in [0.5, 0.6) is 0 Å². The van der Waals surface area contributed by atoms with Gasteiger partial charge < -0.3 is 14.6 Å². The van der Waals surface area contributed by atoms with Crippen LogP contribution in [-0.2, 0) is 4.74 Å². The molecule has 0 aliphatic carbocycles. The number of hydrogen-bond donors (Lipinski definition) is 1. The number of aromatic amines is 1. The minimum Gasteiger partial charge on any atom is -0.449 e. The minimum absolute atomic E-state index is 0.0747. The molecule has 130 valence electrons. The Labute approximate surface area is 145 Å². The number of piperidine rings is 1. The van der Waals surface area contributed by atoms with E-state index in [1.807, 2.05) is 35.1 Å². The molecule has 1 aliphatic rings. The number of H-pyrrole nitrogens is 1. The summed E-state index contributed by atoms with van der Waals surface area (Å²) in [6.07, 6.45) is 4.22. The lowest BCUT2D eigenvalue weighted by molar-refractivity contribution is 0.0889. The zero-order valence-electron chi connectivity index (χ0n) is 13.9. The monoisotopic (exact) mass is 349 g/mol. The summed E-state index contributed by atoms with van der Waals surface area (Å²) in [4.78, 5) is 29.0. The van der Waals surface area contributed by atoms with Crippen LogP contribution >= 0.6 is 11.8 Å². The molecule has 7 heteroatoms. The molecular formula is C17H23N3O3S. The topological polar surface area (TPSA) is 67.3 Å².